The summed E-state index contributed by atoms with van der Waals surface area (Å²) in [5.74, 6) is 0.449. The summed E-state index contributed by atoms with van der Waals surface area (Å²) in [6.07, 6.45) is 0.752. The first-order valence-corrected chi connectivity index (χ1v) is 6.85. The molecular formula is C15H19NO3. The van der Waals surface area contributed by atoms with Crippen LogP contribution in [0.5, 0.6) is 5.75 Å². The number of hydrogen-bond acceptors (Lipinski definition) is 3. The Labute approximate surface area is 113 Å². The number of para-hydroxylation sites is 1. The standard InChI is InChI=1S/C15H19NO3/c1-10-9-19-13-5-3-2-4-12(13)14(10)16-7-6-11(8-16)15(17)18/h2-5,10-11,14H,6-9H2,1H3,(H,17,18). The van der Waals surface area contributed by atoms with Crippen LogP contribution in [0.15, 0.2) is 24.3 Å². The number of carboxylic acid groups (broad SMARTS) is 1. The number of rotatable bonds is 2. The third kappa shape index (κ3) is 2.21. The number of hydrogen-bond donors (Lipinski definition) is 1. The van der Waals surface area contributed by atoms with E-state index >= 15 is 0 Å². The molecule has 102 valence electrons. The SMILES string of the molecule is CC1COc2ccccc2C1N1CCC(C(=O)O)C1. The normalized spacial score (nSPS) is 30.7. The molecule has 0 spiro atoms. The highest BCUT2D eigenvalue weighted by atomic mass is 16.5. The van der Waals surface area contributed by atoms with Gasteiger partial charge in [-0.05, 0) is 19.0 Å². The topological polar surface area (TPSA) is 49.8 Å². The quantitative estimate of drug-likeness (QED) is 0.886. The summed E-state index contributed by atoms with van der Waals surface area (Å²) >= 11 is 0. The van der Waals surface area contributed by atoms with Crippen molar-refractivity contribution >= 4 is 5.97 Å². The van der Waals surface area contributed by atoms with Gasteiger partial charge in [0.1, 0.15) is 5.75 Å². The van der Waals surface area contributed by atoms with Crippen molar-refractivity contribution in [3.05, 3.63) is 29.8 Å². The minimum atomic E-state index is -0.671. The number of carboxylic acids is 1. The molecule has 0 saturated carbocycles. The molecule has 0 aromatic heterocycles. The maximum Gasteiger partial charge on any atom is 0.307 e. The smallest absolute Gasteiger partial charge is 0.307 e. The minimum Gasteiger partial charge on any atom is -0.493 e. The zero-order valence-corrected chi connectivity index (χ0v) is 11.1. The number of benzene rings is 1. The van der Waals surface area contributed by atoms with Crippen LogP contribution in [-0.2, 0) is 4.79 Å². The van der Waals surface area contributed by atoms with Gasteiger partial charge in [0.2, 0.25) is 0 Å². The van der Waals surface area contributed by atoms with E-state index in [4.69, 9.17) is 9.84 Å². The Bertz CT molecular complexity index is 488. The Kier molecular flexibility index (Phi) is 3.19. The molecule has 4 nitrogen and oxygen atoms in total. The summed E-state index contributed by atoms with van der Waals surface area (Å²) in [5.41, 5.74) is 1.20. The molecule has 4 heteroatoms. The van der Waals surface area contributed by atoms with Gasteiger partial charge in [-0.25, -0.2) is 0 Å². The van der Waals surface area contributed by atoms with E-state index < -0.39 is 5.97 Å². The van der Waals surface area contributed by atoms with E-state index in [0.29, 0.717) is 19.1 Å². The van der Waals surface area contributed by atoms with Crippen molar-refractivity contribution in [2.45, 2.75) is 19.4 Å². The third-order valence-electron chi connectivity index (χ3n) is 4.24. The lowest BCUT2D eigenvalue weighted by Crippen LogP contribution is -2.37. The van der Waals surface area contributed by atoms with Crippen LogP contribution >= 0.6 is 0 Å². The molecule has 0 amide bonds. The van der Waals surface area contributed by atoms with Gasteiger partial charge in [0.15, 0.2) is 0 Å². The van der Waals surface area contributed by atoms with Crippen molar-refractivity contribution in [3.63, 3.8) is 0 Å². The number of nitrogens with zero attached hydrogens (tertiary/aromatic N) is 1. The van der Waals surface area contributed by atoms with Gasteiger partial charge in [0.25, 0.3) is 0 Å². The fourth-order valence-corrected chi connectivity index (χ4v) is 3.27. The zero-order valence-electron chi connectivity index (χ0n) is 11.1. The maximum absolute atomic E-state index is 11.1. The van der Waals surface area contributed by atoms with Crippen LogP contribution in [0.3, 0.4) is 0 Å². The average molecular weight is 261 g/mol. The Morgan fingerprint density at radius 1 is 1.42 bits per heavy atom. The van der Waals surface area contributed by atoms with Crippen LogP contribution in [0.4, 0.5) is 0 Å². The van der Waals surface area contributed by atoms with Gasteiger partial charge in [-0.15, -0.1) is 0 Å². The average Bonchev–Trinajstić information content (AvgIpc) is 2.88. The molecule has 2 aliphatic rings. The molecular weight excluding hydrogens is 242 g/mol. The lowest BCUT2D eigenvalue weighted by atomic mass is 9.91. The lowest BCUT2D eigenvalue weighted by Gasteiger charge is -2.37. The third-order valence-corrected chi connectivity index (χ3v) is 4.24. The van der Waals surface area contributed by atoms with E-state index in [1.165, 1.54) is 5.56 Å². The molecule has 2 aliphatic heterocycles. The summed E-state index contributed by atoms with van der Waals surface area (Å²) in [5, 5.41) is 9.14. The van der Waals surface area contributed by atoms with Crippen molar-refractivity contribution < 1.29 is 14.6 Å². The summed E-state index contributed by atoms with van der Waals surface area (Å²) in [7, 11) is 0. The number of likely N-dealkylation sites (tertiary alicyclic amines) is 1. The van der Waals surface area contributed by atoms with Gasteiger partial charge in [0.05, 0.1) is 12.5 Å². The number of aliphatic carboxylic acids is 1. The van der Waals surface area contributed by atoms with Crippen molar-refractivity contribution in [1.82, 2.24) is 4.90 Å². The van der Waals surface area contributed by atoms with Crippen LogP contribution in [-0.4, -0.2) is 35.7 Å². The Morgan fingerprint density at radius 2 is 2.21 bits per heavy atom. The minimum absolute atomic E-state index is 0.220. The monoisotopic (exact) mass is 261 g/mol. The number of fused-ring (bicyclic) bond motifs is 1. The molecule has 3 unspecified atom stereocenters. The molecule has 1 aromatic carbocycles. The molecule has 19 heavy (non-hydrogen) atoms. The van der Waals surface area contributed by atoms with Crippen LogP contribution in [0.2, 0.25) is 0 Å². The lowest BCUT2D eigenvalue weighted by molar-refractivity contribution is -0.141. The highest BCUT2D eigenvalue weighted by molar-refractivity contribution is 5.70. The van der Waals surface area contributed by atoms with Crippen molar-refractivity contribution in [2.75, 3.05) is 19.7 Å². The van der Waals surface area contributed by atoms with E-state index in [-0.39, 0.29) is 12.0 Å². The molecule has 0 radical (unpaired) electrons. The molecule has 1 fully saturated rings. The highest BCUT2D eigenvalue weighted by Gasteiger charge is 2.38. The Balaban J connectivity index is 1.86. The van der Waals surface area contributed by atoms with Crippen LogP contribution in [0, 0.1) is 11.8 Å². The largest absolute Gasteiger partial charge is 0.493 e. The van der Waals surface area contributed by atoms with Crippen LogP contribution < -0.4 is 4.74 Å². The fraction of sp³-hybridized carbons (Fsp3) is 0.533. The molecule has 1 N–H and O–H groups in total. The number of carbonyl (C=O) groups is 1. The molecule has 0 bridgehead atoms. The summed E-state index contributed by atoms with van der Waals surface area (Å²) in [6.45, 7) is 4.39. The molecule has 1 saturated heterocycles. The van der Waals surface area contributed by atoms with Crippen molar-refractivity contribution in [2.24, 2.45) is 11.8 Å². The van der Waals surface area contributed by atoms with E-state index in [0.717, 1.165) is 18.7 Å². The molecule has 2 heterocycles. The van der Waals surface area contributed by atoms with Crippen LogP contribution in [0.1, 0.15) is 24.9 Å². The highest BCUT2D eigenvalue weighted by Crippen LogP contribution is 2.41. The van der Waals surface area contributed by atoms with E-state index in [1.807, 2.05) is 18.2 Å². The predicted molar refractivity (Wildman–Crippen MR) is 71.2 cm³/mol. The number of ether oxygens (including phenoxy) is 1. The Hall–Kier alpha value is -1.55. The summed E-state index contributed by atoms with van der Waals surface area (Å²) in [4.78, 5) is 13.4. The molecule has 0 aliphatic carbocycles. The summed E-state index contributed by atoms with van der Waals surface area (Å²) in [6, 6.07) is 8.39. The van der Waals surface area contributed by atoms with Crippen molar-refractivity contribution in [1.29, 1.82) is 0 Å². The zero-order chi connectivity index (χ0) is 13.4. The molecule has 1 aromatic rings. The van der Waals surface area contributed by atoms with Gasteiger partial charge in [0, 0.05) is 24.1 Å². The second kappa shape index (κ2) is 4.85. The molecule has 3 rings (SSSR count). The van der Waals surface area contributed by atoms with Gasteiger partial charge in [-0.1, -0.05) is 25.1 Å². The van der Waals surface area contributed by atoms with E-state index in [1.54, 1.807) is 0 Å². The first-order chi connectivity index (χ1) is 9.16. The second-order valence-electron chi connectivity index (χ2n) is 5.59. The Morgan fingerprint density at radius 3 is 2.95 bits per heavy atom. The maximum atomic E-state index is 11.1. The first-order valence-electron chi connectivity index (χ1n) is 6.85. The fourth-order valence-electron chi connectivity index (χ4n) is 3.27. The molecule has 3 atom stereocenters. The van der Waals surface area contributed by atoms with Crippen molar-refractivity contribution in [3.8, 4) is 5.75 Å². The van der Waals surface area contributed by atoms with Crippen LogP contribution in [0.25, 0.3) is 0 Å². The van der Waals surface area contributed by atoms with Gasteiger partial charge >= 0.3 is 5.97 Å². The second-order valence-corrected chi connectivity index (χ2v) is 5.59. The van der Waals surface area contributed by atoms with Gasteiger partial charge < -0.3 is 9.84 Å². The first kappa shape index (κ1) is 12.5. The van der Waals surface area contributed by atoms with E-state index in [9.17, 15) is 4.79 Å². The summed E-state index contributed by atoms with van der Waals surface area (Å²) < 4.78 is 5.76. The predicted octanol–water partition coefficient (Wildman–Crippen LogP) is 2.16. The van der Waals surface area contributed by atoms with Gasteiger partial charge in [-0.2, -0.15) is 0 Å². The van der Waals surface area contributed by atoms with E-state index in [2.05, 4.69) is 17.9 Å². The van der Waals surface area contributed by atoms with Gasteiger partial charge in [-0.3, -0.25) is 9.69 Å².